The van der Waals surface area contributed by atoms with Gasteiger partial charge in [-0.2, -0.15) is 5.10 Å². The van der Waals surface area contributed by atoms with Crippen molar-refractivity contribution in [3.63, 3.8) is 0 Å². The summed E-state index contributed by atoms with van der Waals surface area (Å²) in [6, 6.07) is 14.1. The molecule has 0 aliphatic rings. The SMILES string of the molecule is Cc1cccc(S(=O)(=O)c2ccc(=O)n(CC(=O)Nc3ccc(C)c(C)c3)n2)c1. The molecule has 0 saturated carbocycles. The molecule has 1 N–H and O–H groups in total. The standard InChI is InChI=1S/C21H21N3O4S/c1-14-5-4-6-18(11-14)29(27,28)20-9-10-21(26)24(23-20)13-19(25)22-17-8-7-15(2)16(3)12-17/h4-12H,13H2,1-3H3,(H,22,25). The molecule has 0 bridgehead atoms. The Hall–Kier alpha value is -3.26. The summed E-state index contributed by atoms with van der Waals surface area (Å²) in [5.74, 6) is -0.479. The highest BCUT2D eigenvalue weighted by Crippen LogP contribution is 2.19. The summed E-state index contributed by atoms with van der Waals surface area (Å²) in [6.07, 6.45) is 0. The summed E-state index contributed by atoms with van der Waals surface area (Å²) >= 11 is 0. The second kappa shape index (κ2) is 8.00. The van der Waals surface area contributed by atoms with E-state index in [4.69, 9.17) is 0 Å². The van der Waals surface area contributed by atoms with Gasteiger partial charge in [0, 0.05) is 11.8 Å². The summed E-state index contributed by atoms with van der Waals surface area (Å²) < 4.78 is 26.5. The van der Waals surface area contributed by atoms with Gasteiger partial charge in [-0.1, -0.05) is 18.2 Å². The van der Waals surface area contributed by atoms with E-state index in [2.05, 4.69) is 10.4 Å². The molecule has 0 aliphatic heterocycles. The number of hydrogen-bond acceptors (Lipinski definition) is 5. The Kier molecular flexibility index (Phi) is 5.65. The van der Waals surface area contributed by atoms with Crippen molar-refractivity contribution in [1.29, 1.82) is 0 Å². The number of aromatic nitrogens is 2. The van der Waals surface area contributed by atoms with Crippen molar-refractivity contribution in [2.45, 2.75) is 37.2 Å². The quantitative estimate of drug-likeness (QED) is 0.696. The average molecular weight is 411 g/mol. The number of sulfone groups is 1. The van der Waals surface area contributed by atoms with Gasteiger partial charge in [-0.05, 0) is 67.8 Å². The molecule has 150 valence electrons. The number of amides is 1. The van der Waals surface area contributed by atoms with Gasteiger partial charge in [0.15, 0.2) is 5.03 Å². The highest BCUT2D eigenvalue weighted by molar-refractivity contribution is 7.91. The summed E-state index contributed by atoms with van der Waals surface area (Å²) in [5.41, 5.74) is 2.92. The Labute approximate surface area is 168 Å². The Morgan fingerprint density at radius 3 is 2.45 bits per heavy atom. The first-order valence-electron chi connectivity index (χ1n) is 8.94. The van der Waals surface area contributed by atoms with E-state index < -0.39 is 27.8 Å². The predicted octanol–water partition coefficient (Wildman–Crippen LogP) is 2.64. The molecule has 3 rings (SSSR count). The van der Waals surface area contributed by atoms with Crippen molar-refractivity contribution in [1.82, 2.24) is 9.78 Å². The van der Waals surface area contributed by atoms with Crippen LogP contribution in [0.5, 0.6) is 0 Å². The highest BCUT2D eigenvalue weighted by atomic mass is 32.2. The molecule has 0 radical (unpaired) electrons. The molecule has 0 spiro atoms. The van der Waals surface area contributed by atoms with E-state index in [0.717, 1.165) is 33.5 Å². The Balaban J connectivity index is 1.86. The molecule has 0 fully saturated rings. The molecule has 8 heteroatoms. The number of hydrogen-bond donors (Lipinski definition) is 1. The van der Waals surface area contributed by atoms with Gasteiger partial charge < -0.3 is 5.32 Å². The number of carbonyl (C=O) groups excluding carboxylic acids is 1. The average Bonchev–Trinajstić information content (AvgIpc) is 2.66. The molecule has 1 amide bonds. The smallest absolute Gasteiger partial charge is 0.267 e. The number of benzene rings is 2. The lowest BCUT2D eigenvalue weighted by Crippen LogP contribution is -2.30. The van der Waals surface area contributed by atoms with Crippen LogP contribution in [0.4, 0.5) is 5.69 Å². The van der Waals surface area contributed by atoms with Crippen LogP contribution in [0.25, 0.3) is 0 Å². The largest absolute Gasteiger partial charge is 0.324 e. The van der Waals surface area contributed by atoms with Crippen LogP contribution in [-0.4, -0.2) is 24.1 Å². The fourth-order valence-corrected chi connectivity index (χ4v) is 4.04. The van der Waals surface area contributed by atoms with Gasteiger partial charge in [0.1, 0.15) is 6.54 Å². The van der Waals surface area contributed by atoms with Gasteiger partial charge in [0.05, 0.1) is 4.90 Å². The van der Waals surface area contributed by atoms with Crippen molar-refractivity contribution in [3.05, 3.63) is 81.6 Å². The van der Waals surface area contributed by atoms with Crippen molar-refractivity contribution in [2.75, 3.05) is 5.32 Å². The minimum absolute atomic E-state index is 0.0785. The Bertz CT molecular complexity index is 1250. The topological polar surface area (TPSA) is 98.1 Å². The van der Waals surface area contributed by atoms with Crippen LogP contribution in [0.2, 0.25) is 0 Å². The number of nitrogens with zero attached hydrogens (tertiary/aromatic N) is 2. The lowest BCUT2D eigenvalue weighted by molar-refractivity contribution is -0.117. The summed E-state index contributed by atoms with van der Waals surface area (Å²) in [6.45, 7) is 5.27. The minimum atomic E-state index is -3.91. The predicted molar refractivity (Wildman–Crippen MR) is 110 cm³/mol. The van der Waals surface area contributed by atoms with Crippen molar-refractivity contribution in [2.24, 2.45) is 0 Å². The van der Waals surface area contributed by atoms with Crippen molar-refractivity contribution >= 4 is 21.4 Å². The zero-order valence-electron chi connectivity index (χ0n) is 16.3. The summed E-state index contributed by atoms with van der Waals surface area (Å²) in [7, 11) is -3.91. The molecular weight excluding hydrogens is 390 g/mol. The molecule has 7 nitrogen and oxygen atoms in total. The minimum Gasteiger partial charge on any atom is -0.324 e. The van der Waals surface area contributed by atoms with E-state index >= 15 is 0 Å². The van der Waals surface area contributed by atoms with Gasteiger partial charge in [0.25, 0.3) is 5.56 Å². The van der Waals surface area contributed by atoms with Gasteiger partial charge in [-0.25, -0.2) is 13.1 Å². The highest BCUT2D eigenvalue weighted by Gasteiger charge is 2.21. The summed E-state index contributed by atoms with van der Waals surface area (Å²) in [4.78, 5) is 24.5. The first-order chi connectivity index (χ1) is 13.7. The maximum Gasteiger partial charge on any atom is 0.267 e. The third kappa shape index (κ3) is 4.60. The lowest BCUT2D eigenvalue weighted by Gasteiger charge is -2.10. The molecule has 3 aromatic rings. The molecule has 0 atom stereocenters. The van der Waals surface area contributed by atoms with E-state index in [9.17, 15) is 18.0 Å². The fourth-order valence-electron chi connectivity index (χ4n) is 2.75. The van der Waals surface area contributed by atoms with Crippen LogP contribution in [0.1, 0.15) is 16.7 Å². The zero-order valence-corrected chi connectivity index (χ0v) is 17.2. The first-order valence-corrected chi connectivity index (χ1v) is 10.4. The number of aryl methyl sites for hydroxylation is 3. The third-order valence-corrected chi connectivity index (χ3v) is 6.14. The van der Waals surface area contributed by atoms with Gasteiger partial charge in [-0.3, -0.25) is 9.59 Å². The molecule has 1 heterocycles. The number of carbonyl (C=O) groups is 1. The first kappa shape index (κ1) is 20.5. The third-order valence-electron chi connectivity index (χ3n) is 4.50. The van der Waals surface area contributed by atoms with Crippen LogP contribution < -0.4 is 10.9 Å². The van der Waals surface area contributed by atoms with Crippen LogP contribution in [-0.2, 0) is 21.2 Å². The van der Waals surface area contributed by atoms with Crippen LogP contribution in [0.15, 0.2) is 69.3 Å². The van der Waals surface area contributed by atoms with E-state index in [1.165, 1.54) is 12.1 Å². The van der Waals surface area contributed by atoms with Crippen LogP contribution >= 0.6 is 0 Å². The number of nitrogens with one attached hydrogen (secondary N) is 1. The van der Waals surface area contributed by atoms with E-state index in [-0.39, 0.29) is 9.92 Å². The maximum atomic E-state index is 12.8. The molecular formula is C21H21N3O4S. The monoisotopic (exact) mass is 411 g/mol. The zero-order chi connectivity index (χ0) is 21.2. The van der Waals surface area contributed by atoms with Gasteiger partial charge in [-0.15, -0.1) is 0 Å². The van der Waals surface area contributed by atoms with E-state index in [1.807, 2.05) is 26.0 Å². The normalized spacial score (nSPS) is 11.3. The Morgan fingerprint density at radius 2 is 1.76 bits per heavy atom. The molecule has 1 aromatic heterocycles. The van der Waals surface area contributed by atoms with Gasteiger partial charge >= 0.3 is 0 Å². The van der Waals surface area contributed by atoms with Crippen LogP contribution in [0.3, 0.4) is 0 Å². The molecule has 0 saturated heterocycles. The molecule has 0 aliphatic carbocycles. The lowest BCUT2D eigenvalue weighted by atomic mass is 10.1. The van der Waals surface area contributed by atoms with Crippen molar-refractivity contribution in [3.8, 4) is 0 Å². The number of rotatable bonds is 5. The molecule has 29 heavy (non-hydrogen) atoms. The van der Waals surface area contributed by atoms with Crippen LogP contribution in [0, 0.1) is 20.8 Å². The second-order valence-electron chi connectivity index (χ2n) is 6.83. The van der Waals surface area contributed by atoms with Crippen molar-refractivity contribution < 1.29 is 13.2 Å². The number of anilines is 1. The van der Waals surface area contributed by atoms with E-state index in [1.54, 1.807) is 25.1 Å². The molecule has 2 aromatic carbocycles. The van der Waals surface area contributed by atoms with Gasteiger partial charge in [0.2, 0.25) is 15.7 Å². The maximum absolute atomic E-state index is 12.8. The molecule has 0 unspecified atom stereocenters. The van der Waals surface area contributed by atoms with E-state index in [0.29, 0.717) is 5.69 Å². The fraction of sp³-hybridized carbons (Fsp3) is 0.190. The summed E-state index contributed by atoms with van der Waals surface area (Å²) in [5, 5.41) is 6.32. The Morgan fingerprint density at radius 1 is 1.00 bits per heavy atom. The second-order valence-corrected chi connectivity index (χ2v) is 8.73.